The number of nitro benzene ring substituents is 1. The first-order valence-electron chi connectivity index (χ1n) is 9.31. The van der Waals surface area contributed by atoms with Gasteiger partial charge in [-0.05, 0) is 37.2 Å². The van der Waals surface area contributed by atoms with Crippen molar-refractivity contribution in [3.8, 4) is 0 Å². The molecule has 3 N–H and O–H groups in total. The molecular weight excluding hydrogens is 352 g/mol. The summed E-state index contributed by atoms with van der Waals surface area (Å²) in [4.78, 5) is 12.0. The average Bonchev–Trinajstić information content (AvgIpc) is 2.68. The van der Waals surface area contributed by atoms with Crippen molar-refractivity contribution in [1.82, 2.24) is 5.32 Å². The molecule has 1 aliphatic carbocycles. The van der Waals surface area contributed by atoms with Crippen molar-refractivity contribution in [2.45, 2.75) is 37.6 Å². The van der Waals surface area contributed by atoms with Crippen LogP contribution in [0.3, 0.4) is 0 Å². The highest BCUT2D eigenvalue weighted by molar-refractivity contribution is 7.80. The van der Waals surface area contributed by atoms with Crippen LogP contribution in [-0.4, -0.2) is 48.4 Å². The minimum atomic E-state index is -0.404. The highest BCUT2D eigenvalue weighted by atomic mass is 32.1. The fourth-order valence-corrected chi connectivity index (χ4v) is 4.31. The van der Waals surface area contributed by atoms with E-state index in [2.05, 4.69) is 10.6 Å². The Morgan fingerprint density at radius 2 is 1.85 bits per heavy atom. The van der Waals surface area contributed by atoms with E-state index in [-0.39, 0.29) is 11.2 Å². The van der Waals surface area contributed by atoms with Gasteiger partial charge in [0.25, 0.3) is 5.69 Å². The molecule has 2 aliphatic rings. The second kappa shape index (κ2) is 8.75. The van der Waals surface area contributed by atoms with Crippen molar-refractivity contribution in [1.29, 1.82) is 0 Å². The zero-order chi connectivity index (χ0) is 18.4. The molecule has 0 bridgehead atoms. The Hall–Kier alpha value is -1.77. The van der Waals surface area contributed by atoms with Crippen molar-refractivity contribution in [3.05, 3.63) is 34.4 Å². The lowest BCUT2D eigenvalue weighted by Gasteiger charge is -2.45. The molecule has 0 atom stereocenters. The number of morpholine rings is 1. The van der Waals surface area contributed by atoms with E-state index in [1.54, 1.807) is 17.0 Å². The first kappa shape index (κ1) is 19.0. The first-order chi connectivity index (χ1) is 12.6. The first-order valence-corrected chi connectivity index (χ1v) is 9.72. The van der Waals surface area contributed by atoms with Crippen LogP contribution in [0.2, 0.25) is 0 Å². The van der Waals surface area contributed by atoms with Crippen LogP contribution in [0.25, 0.3) is 0 Å². The number of rotatable bonds is 5. The number of nitro groups is 1. The van der Waals surface area contributed by atoms with E-state index in [9.17, 15) is 10.1 Å². The number of hydrogen-bond donors (Lipinski definition) is 3. The predicted molar refractivity (Wildman–Crippen MR) is 105 cm³/mol. The zero-order valence-electron chi connectivity index (χ0n) is 15.0. The van der Waals surface area contributed by atoms with Crippen molar-refractivity contribution in [3.63, 3.8) is 0 Å². The molecule has 7 nitrogen and oxygen atoms in total. The van der Waals surface area contributed by atoms with E-state index in [4.69, 9.17) is 17.0 Å². The number of non-ortho nitro benzene ring substituents is 1. The molecule has 26 heavy (non-hydrogen) atoms. The van der Waals surface area contributed by atoms with E-state index in [1.807, 2.05) is 0 Å². The quantitative estimate of drug-likeness (QED) is 0.409. The van der Waals surface area contributed by atoms with Gasteiger partial charge in [0, 0.05) is 30.7 Å². The van der Waals surface area contributed by atoms with Crippen LogP contribution in [-0.2, 0) is 4.74 Å². The van der Waals surface area contributed by atoms with Crippen molar-refractivity contribution >= 4 is 28.7 Å². The topological polar surface area (TPSA) is 80.9 Å². The molecule has 3 rings (SSSR count). The second-order valence-electron chi connectivity index (χ2n) is 7.17. The predicted octanol–water partition coefficient (Wildman–Crippen LogP) is 1.50. The van der Waals surface area contributed by atoms with Crippen molar-refractivity contribution in [2.24, 2.45) is 0 Å². The number of ether oxygens (including phenoxy) is 1. The molecule has 1 saturated carbocycles. The Morgan fingerprint density at radius 1 is 1.19 bits per heavy atom. The van der Waals surface area contributed by atoms with Gasteiger partial charge in [-0.2, -0.15) is 0 Å². The Labute approximate surface area is 159 Å². The SMILES string of the molecule is O=[N+]([O-])c1ccc(NC(=S)NCC2([NH+]3CCOCC3)CCCCC2)cc1. The largest absolute Gasteiger partial charge is 0.370 e. The number of thiocarbonyl (C=S) groups is 1. The summed E-state index contributed by atoms with van der Waals surface area (Å²) in [6.45, 7) is 4.64. The lowest BCUT2D eigenvalue weighted by atomic mass is 9.80. The summed E-state index contributed by atoms with van der Waals surface area (Å²) in [6.07, 6.45) is 6.30. The molecule has 0 unspecified atom stereocenters. The van der Waals surface area contributed by atoms with Crippen LogP contribution in [0.15, 0.2) is 24.3 Å². The lowest BCUT2D eigenvalue weighted by Crippen LogP contribution is -3.23. The van der Waals surface area contributed by atoms with Gasteiger partial charge in [-0.15, -0.1) is 0 Å². The van der Waals surface area contributed by atoms with E-state index in [0.717, 1.165) is 38.5 Å². The highest BCUT2D eigenvalue weighted by Crippen LogP contribution is 2.25. The molecule has 142 valence electrons. The Balaban J connectivity index is 1.57. The molecular formula is C18H27N4O3S+. The standard InChI is InChI=1S/C18H26N4O3S/c23-22(24)16-6-4-15(5-7-16)20-17(26)19-14-18(8-2-1-3-9-18)21-10-12-25-13-11-21/h4-7H,1-3,8-14H2,(H2,19,20,26)/p+1. The normalized spacial score (nSPS) is 20.3. The van der Waals surface area contributed by atoms with Crippen LogP contribution in [0.5, 0.6) is 0 Å². The van der Waals surface area contributed by atoms with Crippen LogP contribution >= 0.6 is 12.2 Å². The van der Waals surface area contributed by atoms with Crippen molar-refractivity contribution in [2.75, 3.05) is 38.2 Å². The molecule has 0 spiro atoms. The summed E-state index contributed by atoms with van der Waals surface area (Å²) in [6, 6.07) is 6.31. The van der Waals surface area contributed by atoms with Crippen LogP contribution in [0.4, 0.5) is 11.4 Å². The summed E-state index contributed by atoms with van der Waals surface area (Å²) < 4.78 is 5.54. The second-order valence-corrected chi connectivity index (χ2v) is 7.58. The highest BCUT2D eigenvalue weighted by Gasteiger charge is 2.42. The molecule has 8 heteroatoms. The number of hydrogen-bond acceptors (Lipinski definition) is 4. The van der Waals surface area contributed by atoms with Crippen LogP contribution in [0.1, 0.15) is 32.1 Å². The molecule has 1 aromatic rings. The molecule has 1 aliphatic heterocycles. The van der Waals surface area contributed by atoms with Gasteiger partial charge in [-0.1, -0.05) is 6.42 Å². The Bertz CT molecular complexity index is 626. The molecule has 0 amide bonds. The summed E-state index contributed by atoms with van der Waals surface area (Å²) in [5.74, 6) is 0. The number of benzene rings is 1. The average molecular weight is 380 g/mol. The van der Waals surface area contributed by atoms with Gasteiger partial charge in [-0.25, -0.2) is 0 Å². The van der Waals surface area contributed by atoms with Gasteiger partial charge < -0.3 is 20.3 Å². The number of quaternary nitrogens is 1. The minimum absolute atomic E-state index is 0.0755. The monoisotopic (exact) mass is 379 g/mol. The maximum Gasteiger partial charge on any atom is 0.269 e. The smallest absolute Gasteiger partial charge is 0.269 e. The van der Waals surface area contributed by atoms with E-state index in [1.165, 1.54) is 44.2 Å². The summed E-state index contributed by atoms with van der Waals surface area (Å²) in [5, 5.41) is 17.8. The Morgan fingerprint density at radius 3 is 2.46 bits per heavy atom. The third-order valence-corrected chi connectivity index (χ3v) is 5.83. The van der Waals surface area contributed by atoms with E-state index < -0.39 is 4.92 Å². The molecule has 0 aromatic heterocycles. The van der Waals surface area contributed by atoms with Gasteiger partial charge >= 0.3 is 0 Å². The van der Waals surface area contributed by atoms with E-state index in [0.29, 0.717) is 5.11 Å². The molecule has 1 saturated heterocycles. The van der Waals surface area contributed by atoms with E-state index >= 15 is 0 Å². The number of nitrogens with one attached hydrogen (secondary N) is 3. The van der Waals surface area contributed by atoms with Gasteiger partial charge in [0.1, 0.15) is 18.6 Å². The van der Waals surface area contributed by atoms with Crippen LogP contribution < -0.4 is 15.5 Å². The summed E-state index contributed by atoms with van der Waals surface area (Å²) in [5.41, 5.74) is 1.06. The van der Waals surface area contributed by atoms with Gasteiger partial charge in [0.2, 0.25) is 0 Å². The number of anilines is 1. The summed E-state index contributed by atoms with van der Waals surface area (Å²) >= 11 is 5.45. The fourth-order valence-electron chi connectivity index (χ4n) is 4.12. The molecule has 0 radical (unpaired) electrons. The minimum Gasteiger partial charge on any atom is -0.370 e. The van der Waals surface area contributed by atoms with Crippen LogP contribution in [0, 0.1) is 10.1 Å². The zero-order valence-corrected chi connectivity index (χ0v) is 15.8. The maximum atomic E-state index is 10.7. The third kappa shape index (κ3) is 4.69. The lowest BCUT2D eigenvalue weighted by molar-refractivity contribution is -0.960. The van der Waals surface area contributed by atoms with Gasteiger partial charge in [0.15, 0.2) is 5.11 Å². The van der Waals surface area contributed by atoms with Gasteiger partial charge in [-0.3, -0.25) is 10.1 Å². The van der Waals surface area contributed by atoms with Gasteiger partial charge in [0.05, 0.1) is 24.7 Å². The van der Waals surface area contributed by atoms with Crippen molar-refractivity contribution < 1.29 is 14.6 Å². The maximum absolute atomic E-state index is 10.7. The molecule has 2 fully saturated rings. The summed E-state index contributed by atoms with van der Waals surface area (Å²) in [7, 11) is 0. The molecule has 1 aromatic carbocycles. The fraction of sp³-hybridized carbons (Fsp3) is 0.611. The Kier molecular flexibility index (Phi) is 6.39. The number of nitrogens with zero attached hydrogens (tertiary/aromatic N) is 1. The molecule has 1 heterocycles. The third-order valence-electron chi connectivity index (χ3n) is 5.58.